The molecule has 2 heterocycles. The second-order valence-electron chi connectivity index (χ2n) is 5.25. The van der Waals surface area contributed by atoms with Gasteiger partial charge in [-0.1, -0.05) is 13.8 Å². The number of nitrogens with zero attached hydrogens (tertiary/aromatic N) is 2. The molecule has 1 saturated heterocycles. The quantitative estimate of drug-likeness (QED) is 0.861. The third kappa shape index (κ3) is 3.68. The van der Waals surface area contributed by atoms with Crippen molar-refractivity contribution in [2.75, 3.05) is 20.2 Å². The molecule has 0 aromatic carbocycles. The summed E-state index contributed by atoms with van der Waals surface area (Å²) in [4.78, 5) is 6.61. The van der Waals surface area contributed by atoms with Crippen LogP contribution in [-0.4, -0.2) is 42.2 Å². The van der Waals surface area contributed by atoms with E-state index in [0.29, 0.717) is 18.0 Å². The summed E-state index contributed by atoms with van der Waals surface area (Å²) in [6.07, 6.45) is 3.05. The van der Waals surface area contributed by atoms with Crippen LogP contribution in [-0.2, 0) is 6.54 Å². The summed E-state index contributed by atoms with van der Waals surface area (Å²) in [6, 6.07) is 5.28. The molecule has 1 aromatic heterocycles. The van der Waals surface area contributed by atoms with Gasteiger partial charge in [0.25, 0.3) is 0 Å². The molecule has 4 heteroatoms. The van der Waals surface area contributed by atoms with Gasteiger partial charge >= 0.3 is 0 Å². The maximum absolute atomic E-state index is 5.15. The normalized spacial score (nSPS) is 20.6. The number of aromatic nitrogens is 1. The molecule has 0 spiro atoms. The third-order valence-electron chi connectivity index (χ3n) is 3.26. The molecule has 0 amide bonds. The highest BCUT2D eigenvalue weighted by Crippen LogP contribution is 2.16. The van der Waals surface area contributed by atoms with Gasteiger partial charge in [0.15, 0.2) is 0 Å². The van der Waals surface area contributed by atoms with Gasteiger partial charge in [-0.2, -0.15) is 0 Å². The Labute approximate surface area is 109 Å². The zero-order valence-corrected chi connectivity index (χ0v) is 11.5. The van der Waals surface area contributed by atoms with Crippen molar-refractivity contribution < 1.29 is 4.74 Å². The van der Waals surface area contributed by atoms with Gasteiger partial charge in [-0.15, -0.1) is 0 Å². The predicted molar refractivity (Wildman–Crippen MR) is 72.7 cm³/mol. The maximum atomic E-state index is 5.15. The second kappa shape index (κ2) is 6.16. The van der Waals surface area contributed by atoms with E-state index in [4.69, 9.17) is 4.74 Å². The van der Waals surface area contributed by atoms with Crippen molar-refractivity contribution in [2.45, 2.75) is 38.9 Å². The molecule has 0 bridgehead atoms. The van der Waals surface area contributed by atoms with Gasteiger partial charge in [0.1, 0.15) is 0 Å². The molecule has 18 heavy (non-hydrogen) atoms. The molecule has 1 fully saturated rings. The number of rotatable bonds is 5. The summed E-state index contributed by atoms with van der Waals surface area (Å²) in [6.45, 7) is 7.68. The van der Waals surface area contributed by atoms with Crippen LogP contribution < -0.4 is 10.1 Å². The van der Waals surface area contributed by atoms with Gasteiger partial charge in [-0.25, -0.2) is 4.98 Å². The first-order valence-corrected chi connectivity index (χ1v) is 6.64. The van der Waals surface area contributed by atoms with Gasteiger partial charge < -0.3 is 10.1 Å². The van der Waals surface area contributed by atoms with Crippen molar-refractivity contribution in [1.29, 1.82) is 0 Å². The fourth-order valence-corrected chi connectivity index (χ4v) is 2.50. The van der Waals surface area contributed by atoms with Crippen molar-refractivity contribution in [3.05, 3.63) is 23.9 Å². The summed E-state index contributed by atoms with van der Waals surface area (Å²) < 4.78 is 5.15. The van der Waals surface area contributed by atoms with Crippen molar-refractivity contribution in [3.8, 4) is 5.88 Å². The molecule has 0 radical (unpaired) electrons. The van der Waals surface area contributed by atoms with E-state index in [-0.39, 0.29) is 0 Å². The Balaban J connectivity index is 1.87. The van der Waals surface area contributed by atoms with Crippen LogP contribution in [0.15, 0.2) is 18.3 Å². The highest BCUT2D eigenvalue weighted by molar-refractivity contribution is 5.20. The first-order chi connectivity index (χ1) is 8.67. The molecule has 1 atom stereocenters. The van der Waals surface area contributed by atoms with E-state index in [9.17, 15) is 0 Å². The monoisotopic (exact) mass is 249 g/mol. The van der Waals surface area contributed by atoms with Gasteiger partial charge in [0.05, 0.1) is 7.11 Å². The number of methoxy groups -OCH3 is 1. The summed E-state index contributed by atoms with van der Waals surface area (Å²) in [7, 11) is 1.66. The van der Waals surface area contributed by atoms with Crippen LogP contribution in [0.2, 0.25) is 0 Å². The van der Waals surface area contributed by atoms with E-state index < -0.39 is 0 Å². The lowest BCUT2D eigenvalue weighted by Gasteiger charge is -2.18. The topological polar surface area (TPSA) is 37.4 Å². The fraction of sp³-hybridized carbons (Fsp3) is 0.643. The largest absolute Gasteiger partial charge is 0.481 e. The standard InChI is InChI=1S/C14H23N3O/c1-11(2)16-13-5-7-17(10-13)9-12-4-6-15-14(8-12)18-3/h4,6,8,11,13,16H,5,7,9-10H2,1-3H3. The first-order valence-electron chi connectivity index (χ1n) is 6.64. The summed E-state index contributed by atoms with van der Waals surface area (Å²) in [5.74, 6) is 0.698. The van der Waals surface area contributed by atoms with Crippen molar-refractivity contribution >= 4 is 0 Å². The number of likely N-dealkylation sites (tertiary alicyclic amines) is 1. The van der Waals surface area contributed by atoms with E-state index in [2.05, 4.69) is 35.1 Å². The summed E-state index contributed by atoms with van der Waals surface area (Å²) in [5, 5.41) is 3.60. The predicted octanol–water partition coefficient (Wildman–Crippen LogP) is 1.66. The molecule has 100 valence electrons. The lowest BCUT2D eigenvalue weighted by molar-refractivity contribution is 0.315. The summed E-state index contributed by atoms with van der Waals surface area (Å²) in [5.41, 5.74) is 1.27. The minimum atomic E-state index is 0.566. The number of hydrogen-bond acceptors (Lipinski definition) is 4. The molecule has 1 aromatic rings. The Bertz CT molecular complexity index is 381. The van der Waals surface area contributed by atoms with E-state index in [0.717, 1.165) is 19.6 Å². The zero-order valence-electron chi connectivity index (χ0n) is 11.5. The van der Waals surface area contributed by atoms with Crippen LogP contribution in [0.5, 0.6) is 5.88 Å². The highest BCUT2D eigenvalue weighted by Gasteiger charge is 2.22. The van der Waals surface area contributed by atoms with Crippen LogP contribution in [0.1, 0.15) is 25.8 Å². The number of hydrogen-bond donors (Lipinski definition) is 1. The van der Waals surface area contributed by atoms with Gasteiger partial charge in [-0.3, -0.25) is 4.90 Å². The van der Waals surface area contributed by atoms with Crippen molar-refractivity contribution in [3.63, 3.8) is 0 Å². The molecule has 2 rings (SSSR count). The molecular formula is C14H23N3O. The van der Waals surface area contributed by atoms with E-state index in [1.807, 2.05) is 12.3 Å². The Kier molecular flexibility index (Phi) is 4.55. The van der Waals surface area contributed by atoms with Gasteiger partial charge in [0.2, 0.25) is 5.88 Å². The summed E-state index contributed by atoms with van der Waals surface area (Å²) >= 11 is 0. The van der Waals surface area contributed by atoms with Crippen molar-refractivity contribution in [1.82, 2.24) is 15.2 Å². The van der Waals surface area contributed by atoms with Crippen LogP contribution in [0.3, 0.4) is 0 Å². The average molecular weight is 249 g/mol. The smallest absolute Gasteiger partial charge is 0.213 e. The minimum absolute atomic E-state index is 0.566. The Morgan fingerprint density at radius 1 is 1.56 bits per heavy atom. The Hall–Kier alpha value is -1.13. The lowest BCUT2D eigenvalue weighted by Crippen LogP contribution is -2.36. The highest BCUT2D eigenvalue weighted by atomic mass is 16.5. The minimum Gasteiger partial charge on any atom is -0.481 e. The molecule has 1 aliphatic heterocycles. The maximum Gasteiger partial charge on any atom is 0.213 e. The van der Waals surface area contributed by atoms with Gasteiger partial charge in [0, 0.05) is 44.0 Å². The van der Waals surface area contributed by atoms with Crippen LogP contribution in [0.4, 0.5) is 0 Å². The Morgan fingerprint density at radius 2 is 2.39 bits per heavy atom. The van der Waals surface area contributed by atoms with E-state index >= 15 is 0 Å². The average Bonchev–Trinajstić information content (AvgIpc) is 2.76. The molecule has 1 N–H and O–H groups in total. The number of ether oxygens (including phenoxy) is 1. The number of nitrogens with one attached hydrogen (secondary N) is 1. The second-order valence-corrected chi connectivity index (χ2v) is 5.25. The van der Waals surface area contributed by atoms with Crippen LogP contribution in [0.25, 0.3) is 0 Å². The van der Waals surface area contributed by atoms with E-state index in [1.165, 1.54) is 12.0 Å². The number of pyridine rings is 1. The third-order valence-corrected chi connectivity index (χ3v) is 3.26. The first kappa shape index (κ1) is 13.3. The molecule has 4 nitrogen and oxygen atoms in total. The molecular weight excluding hydrogens is 226 g/mol. The van der Waals surface area contributed by atoms with Crippen molar-refractivity contribution in [2.24, 2.45) is 0 Å². The van der Waals surface area contributed by atoms with Crippen LogP contribution >= 0.6 is 0 Å². The van der Waals surface area contributed by atoms with E-state index in [1.54, 1.807) is 7.11 Å². The fourth-order valence-electron chi connectivity index (χ4n) is 2.50. The lowest BCUT2D eigenvalue weighted by atomic mass is 10.2. The van der Waals surface area contributed by atoms with Crippen LogP contribution in [0, 0.1) is 0 Å². The molecule has 1 aliphatic rings. The molecule has 1 unspecified atom stereocenters. The molecule has 0 aliphatic carbocycles. The zero-order chi connectivity index (χ0) is 13.0. The Morgan fingerprint density at radius 3 is 3.11 bits per heavy atom. The van der Waals surface area contributed by atoms with Gasteiger partial charge in [-0.05, 0) is 18.1 Å². The SMILES string of the molecule is COc1cc(CN2CCC(NC(C)C)C2)ccn1. The molecule has 0 saturated carbocycles.